The van der Waals surface area contributed by atoms with Gasteiger partial charge in [-0.15, -0.1) is 23.2 Å². The number of nitrogens with one attached hydrogen (secondary N) is 1. The SMILES string of the molecule is CC(=O)Nc1ccc(C2=NC(=Cc3ccc(N(CCCl)CCCl)cc3)C(=O)O2)cc1. The summed E-state index contributed by atoms with van der Waals surface area (Å²) in [5.74, 6) is 0.589. The van der Waals surface area contributed by atoms with Crippen molar-refractivity contribution in [2.45, 2.75) is 6.92 Å². The molecule has 0 aromatic heterocycles. The zero-order valence-electron chi connectivity index (χ0n) is 16.4. The predicted octanol–water partition coefficient (Wildman–Crippen LogP) is 4.27. The molecule has 0 fully saturated rings. The number of aliphatic imine (C=N–C) groups is 1. The molecule has 1 N–H and O–H groups in total. The summed E-state index contributed by atoms with van der Waals surface area (Å²) < 4.78 is 5.30. The molecule has 1 aliphatic heterocycles. The molecule has 0 spiro atoms. The number of hydrogen-bond donors (Lipinski definition) is 1. The summed E-state index contributed by atoms with van der Waals surface area (Å²) in [6.07, 6.45) is 1.68. The van der Waals surface area contributed by atoms with Gasteiger partial charge in [0, 0.05) is 48.7 Å². The number of cyclic esters (lactones) is 1. The second kappa shape index (κ2) is 10.3. The molecule has 1 amide bonds. The van der Waals surface area contributed by atoms with Gasteiger partial charge in [-0.1, -0.05) is 12.1 Å². The minimum absolute atomic E-state index is 0.156. The molecule has 0 saturated carbocycles. The molecule has 1 aliphatic rings. The molecule has 0 aliphatic carbocycles. The molecule has 0 radical (unpaired) electrons. The first-order valence-corrected chi connectivity index (χ1v) is 10.4. The zero-order chi connectivity index (χ0) is 21.5. The van der Waals surface area contributed by atoms with Crippen molar-refractivity contribution in [1.29, 1.82) is 0 Å². The van der Waals surface area contributed by atoms with Crippen molar-refractivity contribution in [3.05, 3.63) is 65.4 Å². The minimum Gasteiger partial charge on any atom is -0.402 e. The molecule has 0 atom stereocenters. The first-order chi connectivity index (χ1) is 14.5. The van der Waals surface area contributed by atoms with Crippen LogP contribution in [0, 0.1) is 0 Å². The van der Waals surface area contributed by atoms with Crippen LogP contribution < -0.4 is 10.2 Å². The van der Waals surface area contributed by atoms with Crippen LogP contribution in [0.2, 0.25) is 0 Å². The first kappa shape index (κ1) is 21.9. The van der Waals surface area contributed by atoms with Crippen LogP contribution in [0.1, 0.15) is 18.1 Å². The van der Waals surface area contributed by atoms with E-state index in [-0.39, 0.29) is 17.5 Å². The Kier molecular flexibility index (Phi) is 7.49. The number of ether oxygens (including phenoxy) is 1. The Bertz CT molecular complexity index is 964. The molecule has 30 heavy (non-hydrogen) atoms. The highest BCUT2D eigenvalue weighted by atomic mass is 35.5. The molecule has 156 valence electrons. The van der Waals surface area contributed by atoms with E-state index in [4.69, 9.17) is 27.9 Å². The van der Waals surface area contributed by atoms with Gasteiger partial charge in [0.2, 0.25) is 11.8 Å². The number of halogens is 2. The fourth-order valence-corrected chi connectivity index (χ4v) is 3.35. The zero-order valence-corrected chi connectivity index (χ0v) is 17.9. The summed E-state index contributed by atoms with van der Waals surface area (Å²) in [6.45, 7) is 2.85. The Hall–Kier alpha value is -2.83. The number of rotatable bonds is 8. The maximum absolute atomic E-state index is 12.2. The molecule has 8 heteroatoms. The highest BCUT2D eigenvalue weighted by Crippen LogP contribution is 2.22. The Morgan fingerprint density at radius 2 is 1.70 bits per heavy atom. The van der Waals surface area contributed by atoms with E-state index in [1.54, 1.807) is 30.3 Å². The van der Waals surface area contributed by atoms with Crippen LogP contribution in [0.3, 0.4) is 0 Å². The lowest BCUT2D eigenvalue weighted by Gasteiger charge is -2.22. The topological polar surface area (TPSA) is 71.0 Å². The number of hydrogen-bond acceptors (Lipinski definition) is 5. The Morgan fingerprint density at radius 3 is 2.27 bits per heavy atom. The molecular weight excluding hydrogens is 425 g/mol. The number of nitrogens with zero attached hydrogens (tertiary/aromatic N) is 2. The summed E-state index contributed by atoms with van der Waals surface area (Å²) in [7, 11) is 0. The van der Waals surface area contributed by atoms with Gasteiger partial charge in [0.15, 0.2) is 5.70 Å². The van der Waals surface area contributed by atoms with E-state index in [0.29, 0.717) is 36.1 Å². The van der Waals surface area contributed by atoms with E-state index in [2.05, 4.69) is 15.2 Å². The molecular formula is C22H21Cl2N3O3. The predicted molar refractivity (Wildman–Crippen MR) is 121 cm³/mol. The molecule has 0 saturated heterocycles. The average Bonchev–Trinajstić information content (AvgIpc) is 3.09. The summed E-state index contributed by atoms with van der Waals surface area (Å²) in [6, 6.07) is 14.6. The van der Waals surface area contributed by atoms with Crippen LogP contribution in [-0.2, 0) is 14.3 Å². The summed E-state index contributed by atoms with van der Waals surface area (Å²) in [5.41, 5.74) is 3.37. The molecule has 2 aromatic rings. The minimum atomic E-state index is -0.508. The quantitative estimate of drug-likeness (QED) is 0.374. The Labute approximate surface area is 185 Å². The summed E-state index contributed by atoms with van der Waals surface area (Å²) in [5, 5.41) is 2.68. The third-order valence-corrected chi connectivity index (χ3v) is 4.68. The van der Waals surface area contributed by atoms with Gasteiger partial charge in [-0.05, 0) is 48.0 Å². The Balaban J connectivity index is 1.76. The van der Waals surface area contributed by atoms with Crippen LogP contribution in [0.5, 0.6) is 0 Å². The summed E-state index contributed by atoms with van der Waals surface area (Å²) in [4.78, 5) is 29.7. The third-order valence-electron chi connectivity index (χ3n) is 4.34. The Morgan fingerprint density at radius 1 is 1.07 bits per heavy atom. The number of esters is 1. The maximum Gasteiger partial charge on any atom is 0.363 e. The van der Waals surface area contributed by atoms with Crippen LogP contribution in [-0.4, -0.2) is 42.6 Å². The average molecular weight is 446 g/mol. The van der Waals surface area contributed by atoms with Gasteiger partial charge in [0.25, 0.3) is 0 Å². The lowest BCUT2D eigenvalue weighted by Crippen LogP contribution is -2.27. The van der Waals surface area contributed by atoms with Crippen molar-refractivity contribution in [2.24, 2.45) is 4.99 Å². The van der Waals surface area contributed by atoms with E-state index in [0.717, 1.165) is 11.3 Å². The van der Waals surface area contributed by atoms with E-state index in [1.165, 1.54) is 6.92 Å². The monoisotopic (exact) mass is 445 g/mol. The van der Waals surface area contributed by atoms with Gasteiger partial charge in [-0.25, -0.2) is 9.79 Å². The van der Waals surface area contributed by atoms with Gasteiger partial charge >= 0.3 is 5.97 Å². The first-order valence-electron chi connectivity index (χ1n) is 9.37. The van der Waals surface area contributed by atoms with Crippen molar-refractivity contribution in [3.8, 4) is 0 Å². The van der Waals surface area contributed by atoms with Crippen molar-refractivity contribution >= 4 is 58.4 Å². The van der Waals surface area contributed by atoms with Crippen molar-refractivity contribution < 1.29 is 14.3 Å². The van der Waals surface area contributed by atoms with Crippen molar-refractivity contribution in [2.75, 3.05) is 35.1 Å². The standard InChI is InChI=1S/C22H21Cl2N3O3/c1-15(28)25-18-6-4-17(5-7-18)21-26-20(22(29)30-21)14-16-2-8-19(9-3-16)27(12-10-23)13-11-24/h2-9,14H,10-13H2,1H3,(H,25,28). The largest absolute Gasteiger partial charge is 0.402 e. The van der Waals surface area contributed by atoms with E-state index in [9.17, 15) is 9.59 Å². The fourth-order valence-electron chi connectivity index (χ4n) is 2.95. The molecule has 6 nitrogen and oxygen atoms in total. The van der Waals surface area contributed by atoms with Crippen LogP contribution in [0.25, 0.3) is 6.08 Å². The number of carbonyl (C=O) groups excluding carboxylic acids is 2. The highest BCUT2D eigenvalue weighted by Gasteiger charge is 2.24. The summed E-state index contributed by atoms with van der Waals surface area (Å²) >= 11 is 11.7. The lowest BCUT2D eigenvalue weighted by atomic mass is 10.1. The number of anilines is 2. The van der Waals surface area contributed by atoms with Gasteiger partial charge in [0.1, 0.15) is 0 Å². The normalized spacial score (nSPS) is 14.4. The second-order valence-electron chi connectivity index (χ2n) is 6.55. The van der Waals surface area contributed by atoms with Crippen LogP contribution in [0.15, 0.2) is 59.2 Å². The lowest BCUT2D eigenvalue weighted by molar-refractivity contribution is -0.129. The maximum atomic E-state index is 12.2. The number of carbonyl (C=O) groups is 2. The molecule has 3 rings (SSSR count). The number of benzene rings is 2. The van der Waals surface area contributed by atoms with E-state index < -0.39 is 5.97 Å². The van der Waals surface area contributed by atoms with Crippen LogP contribution >= 0.6 is 23.2 Å². The van der Waals surface area contributed by atoms with Gasteiger partial charge in [0.05, 0.1) is 0 Å². The van der Waals surface area contributed by atoms with E-state index in [1.807, 2.05) is 24.3 Å². The molecule has 0 bridgehead atoms. The third kappa shape index (κ3) is 5.62. The fraction of sp³-hybridized carbons (Fsp3) is 0.227. The van der Waals surface area contributed by atoms with Crippen LogP contribution in [0.4, 0.5) is 11.4 Å². The number of amides is 1. The van der Waals surface area contributed by atoms with Crippen molar-refractivity contribution in [3.63, 3.8) is 0 Å². The molecule has 2 aromatic carbocycles. The number of alkyl halides is 2. The van der Waals surface area contributed by atoms with Gasteiger partial charge in [-0.2, -0.15) is 0 Å². The second-order valence-corrected chi connectivity index (χ2v) is 7.31. The molecule has 0 unspecified atom stereocenters. The smallest absolute Gasteiger partial charge is 0.363 e. The highest BCUT2D eigenvalue weighted by molar-refractivity contribution is 6.18. The van der Waals surface area contributed by atoms with Gasteiger partial charge in [-0.3, -0.25) is 4.79 Å². The van der Waals surface area contributed by atoms with Crippen molar-refractivity contribution in [1.82, 2.24) is 0 Å². The van der Waals surface area contributed by atoms with E-state index >= 15 is 0 Å². The van der Waals surface area contributed by atoms with Gasteiger partial charge < -0.3 is 15.0 Å². The molecule has 1 heterocycles.